The van der Waals surface area contributed by atoms with E-state index in [0.717, 1.165) is 22.5 Å². The molecule has 0 fully saturated rings. The van der Waals surface area contributed by atoms with Gasteiger partial charge in [-0.15, -0.1) is 0 Å². The number of hydrazone groups is 1. The normalized spacial score (nSPS) is 10.8. The van der Waals surface area contributed by atoms with E-state index in [-0.39, 0.29) is 5.11 Å². The van der Waals surface area contributed by atoms with Crippen LogP contribution in [-0.4, -0.2) is 21.1 Å². The highest BCUT2D eigenvalue weighted by molar-refractivity contribution is 7.80. The Kier molecular flexibility index (Phi) is 4.44. The van der Waals surface area contributed by atoms with Gasteiger partial charge in [-0.25, -0.2) is 4.68 Å². The van der Waals surface area contributed by atoms with Gasteiger partial charge in [-0.1, -0.05) is 48.5 Å². The molecule has 1 heterocycles. The number of aromatic nitrogens is 2. The number of nitrogens with two attached hydrogens (primary N) is 1. The standard InChI is InChI=1S/C17H15N5S/c18-17(23)20-19-11-14-12-22(15-9-5-2-6-10-15)21-16(14)13-7-3-1-4-8-13/h1-12H,(H3,18,20,23)/b19-11+. The van der Waals surface area contributed by atoms with E-state index in [2.05, 4.69) is 15.6 Å². The summed E-state index contributed by atoms with van der Waals surface area (Å²) in [6.07, 6.45) is 3.58. The highest BCUT2D eigenvalue weighted by atomic mass is 32.1. The lowest BCUT2D eigenvalue weighted by molar-refractivity contribution is 0.884. The average Bonchev–Trinajstić information content (AvgIpc) is 3.00. The second-order valence-corrected chi connectivity index (χ2v) is 5.25. The van der Waals surface area contributed by atoms with Crippen molar-refractivity contribution in [3.8, 4) is 16.9 Å². The molecule has 0 aliphatic rings. The number of nitrogens with zero attached hydrogens (tertiary/aromatic N) is 3. The molecule has 0 bridgehead atoms. The van der Waals surface area contributed by atoms with Crippen molar-refractivity contribution < 1.29 is 0 Å². The van der Waals surface area contributed by atoms with E-state index in [1.54, 1.807) is 6.21 Å². The fraction of sp³-hybridized carbons (Fsp3) is 0. The van der Waals surface area contributed by atoms with Gasteiger partial charge in [0.2, 0.25) is 0 Å². The van der Waals surface area contributed by atoms with E-state index in [1.165, 1.54) is 0 Å². The molecule has 0 saturated heterocycles. The SMILES string of the molecule is NC(=S)N/N=C/c1cn(-c2ccccc2)nc1-c1ccccc1. The molecule has 0 unspecified atom stereocenters. The van der Waals surface area contributed by atoms with Crippen LogP contribution in [-0.2, 0) is 0 Å². The number of nitrogens with one attached hydrogen (secondary N) is 1. The van der Waals surface area contributed by atoms with Crippen LogP contribution < -0.4 is 11.2 Å². The lowest BCUT2D eigenvalue weighted by atomic mass is 10.1. The summed E-state index contributed by atoms with van der Waals surface area (Å²) >= 11 is 4.75. The zero-order valence-electron chi connectivity index (χ0n) is 12.3. The van der Waals surface area contributed by atoms with Crippen molar-refractivity contribution in [2.24, 2.45) is 10.8 Å². The van der Waals surface area contributed by atoms with Gasteiger partial charge in [0.15, 0.2) is 5.11 Å². The molecule has 3 aromatic rings. The second kappa shape index (κ2) is 6.85. The minimum Gasteiger partial charge on any atom is -0.375 e. The van der Waals surface area contributed by atoms with Gasteiger partial charge in [-0.3, -0.25) is 5.43 Å². The van der Waals surface area contributed by atoms with Gasteiger partial charge in [0.25, 0.3) is 0 Å². The maximum absolute atomic E-state index is 5.39. The Labute approximate surface area is 139 Å². The van der Waals surface area contributed by atoms with Crippen molar-refractivity contribution in [3.63, 3.8) is 0 Å². The number of rotatable bonds is 4. The van der Waals surface area contributed by atoms with Crippen LogP contribution in [0.5, 0.6) is 0 Å². The van der Waals surface area contributed by atoms with Crippen LogP contribution in [0.15, 0.2) is 72.0 Å². The minimum atomic E-state index is 0.123. The van der Waals surface area contributed by atoms with Crippen molar-refractivity contribution in [2.75, 3.05) is 0 Å². The molecule has 3 rings (SSSR count). The van der Waals surface area contributed by atoms with Gasteiger partial charge in [-0.2, -0.15) is 10.2 Å². The van der Waals surface area contributed by atoms with Crippen molar-refractivity contribution in [3.05, 3.63) is 72.4 Å². The number of hydrogen-bond donors (Lipinski definition) is 2. The molecular weight excluding hydrogens is 306 g/mol. The third kappa shape index (κ3) is 3.61. The van der Waals surface area contributed by atoms with E-state index in [1.807, 2.05) is 71.5 Å². The molecule has 114 valence electrons. The Morgan fingerprint density at radius 3 is 2.39 bits per heavy atom. The summed E-state index contributed by atoms with van der Waals surface area (Å²) in [6, 6.07) is 19.9. The summed E-state index contributed by atoms with van der Waals surface area (Å²) in [5.74, 6) is 0. The number of para-hydroxylation sites is 1. The summed E-state index contributed by atoms with van der Waals surface area (Å²) < 4.78 is 1.82. The third-order valence-corrected chi connectivity index (χ3v) is 3.28. The summed E-state index contributed by atoms with van der Waals surface area (Å²) in [5.41, 5.74) is 11.6. The lowest BCUT2D eigenvalue weighted by Crippen LogP contribution is -2.24. The molecule has 2 aromatic carbocycles. The summed E-state index contributed by atoms with van der Waals surface area (Å²) in [7, 11) is 0. The Hall–Kier alpha value is -2.99. The van der Waals surface area contributed by atoms with Gasteiger partial charge < -0.3 is 5.73 Å². The zero-order chi connectivity index (χ0) is 16.1. The molecule has 0 spiro atoms. The molecule has 3 N–H and O–H groups in total. The third-order valence-electron chi connectivity index (χ3n) is 3.19. The predicted molar refractivity (Wildman–Crippen MR) is 96.5 cm³/mol. The van der Waals surface area contributed by atoms with E-state index < -0.39 is 0 Å². The Balaban J connectivity index is 2.03. The van der Waals surface area contributed by atoms with Crippen molar-refractivity contribution in [1.82, 2.24) is 15.2 Å². The summed E-state index contributed by atoms with van der Waals surface area (Å²) in [6.45, 7) is 0. The lowest BCUT2D eigenvalue weighted by Gasteiger charge is -2.00. The van der Waals surface area contributed by atoms with Gasteiger partial charge in [0, 0.05) is 17.3 Å². The molecular formula is C17H15N5S. The van der Waals surface area contributed by atoms with Crippen molar-refractivity contribution in [2.45, 2.75) is 0 Å². The highest BCUT2D eigenvalue weighted by Gasteiger charge is 2.10. The van der Waals surface area contributed by atoms with E-state index in [4.69, 9.17) is 18.0 Å². The fourth-order valence-electron chi connectivity index (χ4n) is 2.18. The first-order valence-electron chi connectivity index (χ1n) is 7.03. The molecule has 0 radical (unpaired) electrons. The molecule has 23 heavy (non-hydrogen) atoms. The number of thiocarbonyl (C=S) groups is 1. The topological polar surface area (TPSA) is 68.2 Å². The van der Waals surface area contributed by atoms with Crippen LogP contribution in [0.4, 0.5) is 0 Å². The first-order valence-corrected chi connectivity index (χ1v) is 7.44. The Bertz CT molecular complexity index is 825. The maximum Gasteiger partial charge on any atom is 0.184 e. The molecule has 0 amide bonds. The van der Waals surface area contributed by atoms with E-state index >= 15 is 0 Å². The second-order valence-electron chi connectivity index (χ2n) is 4.81. The van der Waals surface area contributed by atoms with Crippen molar-refractivity contribution in [1.29, 1.82) is 0 Å². The Morgan fingerprint density at radius 2 is 1.74 bits per heavy atom. The van der Waals surface area contributed by atoms with E-state index in [9.17, 15) is 0 Å². The smallest absolute Gasteiger partial charge is 0.184 e. The van der Waals surface area contributed by atoms with Crippen LogP contribution in [0, 0.1) is 0 Å². The molecule has 6 heteroatoms. The highest BCUT2D eigenvalue weighted by Crippen LogP contribution is 2.22. The quantitative estimate of drug-likeness (QED) is 0.440. The monoisotopic (exact) mass is 321 g/mol. The molecule has 0 saturated carbocycles. The van der Waals surface area contributed by atoms with Crippen LogP contribution >= 0.6 is 12.2 Å². The summed E-state index contributed by atoms with van der Waals surface area (Å²) in [4.78, 5) is 0. The van der Waals surface area contributed by atoms with Crippen LogP contribution in [0.3, 0.4) is 0 Å². The average molecular weight is 321 g/mol. The molecule has 1 aromatic heterocycles. The Morgan fingerprint density at radius 1 is 1.09 bits per heavy atom. The number of benzene rings is 2. The number of hydrogen-bond acceptors (Lipinski definition) is 3. The molecule has 5 nitrogen and oxygen atoms in total. The first-order chi connectivity index (χ1) is 11.2. The van der Waals surface area contributed by atoms with Gasteiger partial charge in [0.05, 0.1) is 11.9 Å². The predicted octanol–water partition coefficient (Wildman–Crippen LogP) is 2.71. The molecule has 0 atom stereocenters. The van der Waals surface area contributed by atoms with Gasteiger partial charge >= 0.3 is 0 Å². The van der Waals surface area contributed by atoms with E-state index in [0.29, 0.717) is 0 Å². The largest absolute Gasteiger partial charge is 0.375 e. The molecule has 0 aliphatic heterocycles. The van der Waals surface area contributed by atoms with Crippen LogP contribution in [0.25, 0.3) is 16.9 Å². The maximum atomic E-state index is 5.39. The van der Waals surface area contributed by atoms with Crippen molar-refractivity contribution >= 4 is 23.5 Å². The van der Waals surface area contributed by atoms with Crippen LogP contribution in [0.2, 0.25) is 0 Å². The van der Waals surface area contributed by atoms with Crippen LogP contribution in [0.1, 0.15) is 5.56 Å². The first kappa shape index (κ1) is 14.9. The summed E-state index contributed by atoms with van der Waals surface area (Å²) in [5, 5.41) is 8.84. The minimum absolute atomic E-state index is 0.123. The zero-order valence-corrected chi connectivity index (χ0v) is 13.1. The molecule has 0 aliphatic carbocycles. The van der Waals surface area contributed by atoms with Gasteiger partial charge in [0.1, 0.15) is 5.69 Å². The fourth-order valence-corrected chi connectivity index (χ4v) is 2.23. The van der Waals surface area contributed by atoms with Gasteiger partial charge in [-0.05, 0) is 24.4 Å².